The summed E-state index contributed by atoms with van der Waals surface area (Å²) < 4.78 is 11.0. The Morgan fingerprint density at radius 3 is 1.78 bits per heavy atom. The zero-order valence-corrected chi connectivity index (χ0v) is 18.8. The van der Waals surface area contributed by atoms with Crippen LogP contribution in [0.2, 0.25) is 0 Å². The van der Waals surface area contributed by atoms with Crippen molar-refractivity contribution in [2.75, 3.05) is 13.2 Å². The second kappa shape index (κ2) is 12.5. The van der Waals surface area contributed by atoms with E-state index in [0.29, 0.717) is 6.61 Å². The molecule has 5 heteroatoms. The Hall–Kier alpha value is -0.910. The third-order valence-electron chi connectivity index (χ3n) is 4.80. The van der Waals surface area contributed by atoms with Gasteiger partial charge in [-0.25, -0.2) is 0 Å². The van der Waals surface area contributed by atoms with E-state index in [0.717, 1.165) is 45.1 Å². The molecule has 0 saturated heterocycles. The average molecular weight is 385 g/mol. The summed E-state index contributed by atoms with van der Waals surface area (Å²) in [5, 5.41) is 0. The molecule has 2 N–H and O–H groups in total. The monoisotopic (exact) mass is 384 g/mol. The molecule has 5 nitrogen and oxygen atoms in total. The van der Waals surface area contributed by atoms with Crippen LogP contribution in [-0.2, 0) is 14.3 Å². The number of hydrogen-bond acceptors (Lipinski definition) is 4. The molecule has 0 bridgehead atoms. The molecule has 1 unspecified atom stereocenters. The minimum atomic E-state index is -0.252. The van der Waals surface area contributed by atoms with Crippen LogP contribution in [0.4, 0.5) is 0 Å². The lowest BCUT2D eigenvalue weighted by Gasteiger charge is -2.49. The number of rotatable bonds is 15. The van der Waals surface area contributed by atoms with Crippen molar-refractivity contribution in [2.45, 2.75) is 110 Å². The van der Waals surface area contributed by atoms with Crippen molar-refractivity contribution in [3.05, 3.63) is 12.7 Å². The Morgan fingerprint density at radius 2 is 1.41 bits per heavy atom. The summed E-state index contributed by atoms with van der Waals surface area (Å²) in [5.74, 6) is -0.00439. The third kappa shape index (κ3) is 10.9. The Kier molecular flexibility index (Phi) is 12.1. The standard InChI is InChI=1S/C22H44N2O3/c1-9-20(25)24(21(5,6)14-10-12-16-26-18(2)3)22(7,8)15-11-13-17-27-19(4)23/h9,18-19H,1,10-17,23H2,2-8H3. The van der Waals surface area contributed by atoms with Crippen LogP contribution in [0.15, 0.2) is 12.7 Å². The maximum Gasteiger partial charge on any atom is 0.246 e. The number of nitrogens with two attached hydrogens (primary N) is 1. The number of amides is 1. The van der Waals surface area contributed by atoms with E-state index in [-0.39, 0.29) is 29.3 Å². The first-order valence-corrected chi connectivity index (χ1v) is 10.4. The summed E-state index contributed by atoms with van der Waals surface area (Å²) >= 11 is 0. The van der Waals surface area contributed by atoms with E-state index < -0.39 is 0 Å². The van der Waals surface area contributed by atoms with Crippen LogP contribution < -0.4 is 5.73 Å². The van der Waals surface area contributed by atoms with Crippen molar-refractivity contribution in [3.8, 4) is 0 Å². The Morgan fingerprint density at radius 1 is 0.963 bits per heavy atom. The van der Waals surface area contributed by atoms with Gasteiger partial charge in [0.1, 0.15) is 6.23 Å². The maximum absolute atomic E-state index is 12.7. The van der Waals surface area contributed by atoms with Crippen LogP contribution >= 0.6 is 0 Å². The Balaban J connectivity index is 4.80. The minimum Gasteiger partial charge on any atom is -0.379 e. The van der Waals surface area contributed by atoms with E-state index in [1.807, 2.05) is 11.8 Å². The lowest BCUT2D eigenvalue weighted by atomic mass is 9.85. The molecule has 1 atom stereocenters. The molecular weight excluding hydrogens is 340 g/mol. The van der Waals surface area contributed by atoms with Gasteiger partial charge in [-0.05, 0) is 93.1 Å². The number of nitrogens with zero attached hydrogens (tertiary/aromatic N) is 1. The number of ether oxygens (including phenoxy) is 2. The summed E-state index contributed by atoms with van der Waals surface area (Å²) in [6, 6.07) is 0. The highest BCUT2D eigenvalue weighted by Crippen LogP contribution is 2.33. The fourth-order valence-electron chi connectivity index (χ4n) is 3.64. The largest absolute Gasteiger partial charge is 0.379 e. The number of carbonyl (C=O) groups is 1. The van der Waals surface area contributed by atoms with Gasteiger partial charge in [0.25, 0.3) is 0 Å². The number of hydrogen-bond donors (Lipinski definition) is 1. The summed E-state index contributed by atoms with van der Waals surface area (Å²) in [6.45, 7) is 19.7. The van der Waals surface area contributed by atoms with Gasteiger partial charge in [-0.3, -0.25) is 4.79 Å². The molecule has 0 aliphatic heterocycles. The molecule has 0 rings (SSSR count). The zero-order chi connectivity index (χ0) is 21.1. The Labute approximate surface area is 167 Å². The topological polar surface area (TPSA) is 64.8 Å². The molecule has 0 aliphatic rings. The summed E-state index contributed by atoms with van der Waals surface area (Å²) in [4.78, 5) is 14.7. The maximum atomic E-state index is 12.7. The van der Waals surface area contributed by atoms with Gasteiger partial charge < -0.3 is 20.1 Å². The molecule has 0 aromatic carbocycles. The van der Waals surface area contributed by atoms with Crippen molar-refractivity contribution >= 4 is 5.91 Å². The normalized spacial score (nSPS) is 13.7. The molecule has 1 amide bonds. The van der Waals surface area contributed by atoms with Gasteiger partial charge >= 0.3 is 0 Å². The van der Waals surface area contributed by atoms with Crippen LogP contribution in [0.3, 0.4) is 0 Å². The van der Waals surface area contributed by atoms with Crippen molar-refractivity contribution in [3.63, 3.8) is 0 Å². The van der Waals surface area contributed by atoms with Gasteiger partial charge in [-0.2, -0.15) is 0 Å². The molecular formula is C22H44N2O3. The van der Waals surface area contributed by atoms with Gasteiger partial charge in [0.05, 0.1) is 6.10 Å². The quantitative estimate of drug-likeness (QED) is 0.254. The van der Waals surface area contributed by atoms with Crippen LogP contribution in [0.1, 0.15) is 87.0 Å². The van der Waals surface area contributed by atoms with Gasteiger partial charge in [0, 0.05) is 24.3 Å². The van der Waals surface area contributed by atoms with E-state index in [2.05, 4.69) is 48.1 Å². The molecule has 0 aromatic rings. The molecule has 27 heavy (non-hydrogen) atoms. The SMILES string of the molecule is C=CC(=O)N(C(C)(C)CCCCOC(C)C)C(C)(C)CCCCOC(C)N. The smallest absolute Gasteiger partial charge is 0.246 e. The van der Waals surface area contributed by atoms with Crippen LogP contribution in [0.25, 0.3) is 0 Å². The lowest BCUT2D eigenvalue weighted by molar-refractivity contribution is -0.139. The van der Waals surface area contributed by atoms with E-state index in [1.165, 1.54) is 6.08 Å². The van der Waals surface area contributed by atoms with Crippen LogP contribution in [0, 0.1) is 0 Å². The highest BCUT2D eigenvalue weighted by Gasteiger charge is 2.39. The predicted molar refractivity (Wildman–Crippen MR) is 114 cm³/mol. The molecule has 0 spiro atoms. The molecule has 0 aromatic heterocycles. The second-order valence-corrected chi connectivity index (χ2v) is 8.91. The van der Waals surface area contributed by atoms with E-state index in [9.17, 15) is 4.79 Å². The Bertz CT molecular complexity index is 401. The lowest BCUT2D eigenvalue weighted by Crippen LogP contribution is -2.58. The molecule has 0 heterocycles. The van der Waals surface area contributed by atoms with E-state index in [4.69, 9.17) is 15.2 Å². The van der Waals surface area contributed by atoms with Crippen molar-refractivity contribution in [2.24, 2.45) is 5.73 Å². The molecule has 0 radical (unpaired) electrons. The summed E-state index contributed by atoms with van der Waals surface area (Å²) in [5.41, 5.74) is 5.12. The molecule has 160 valence electrons. The minimum absolute atomic E-state index is 0.00439. The number of unbranched alkanes of at least 4 members (excludes halogenated alkanes) is 2. The van der Waals surface area contributed by atoms with E-state index in [1.54, 1.807) is 0 Å². The molecule has 0 fully saturated rings. The van der Waals surface area contributed by atoms with E-state index >= 15 is 0 Å². The van der Waals surface area contributed by atoms with Crippen molar-refractivity contribution in [1.29, 1.82) is 0 Å². The highest BCUT2D eigenvalue weighted by molar-refractivity contribution is 5.88. The van der Waals surface area contributed by atoms with Crippen molar-refractivity contribution in [1.82, 2.24) is 4.90 Å². The fourth-order valence-corrected chi connectivity index (χ4v) is 3.64. The van der Waals surface area contributed by atoms with Crippen LogP contribution in [0.5, 0.6) is 0 Å². The summed E-state index contributed by atoms with van der Waals surface area (Å²) in [6.07, 6.45) is 7.28. The fraction of sp³-hybridized carbons (Fsp3) is 0.864. The predicted octanol–water partition coefficient (Wildman–Crippen LogP) is 4.65. The van der Waals surface area contributed by atoms with Crippen molar-refractivity contribution < 1.29 is 14.3 Å². The average Bonchev–Trinajstić information content (AvgIpc) is 2.52. The summed E-state index contributed by atoms with van der Waals surface area (Å²) in [7, 11) is 0. The first kappa shape index (κ1) is 26.1. The first-order chi connectivity index (χ1) is 12.4. The number of carbonyl (C=O) groups excluding carboxylic acids is 1. The zero-order valence-electron chi connectivity index (χ0n) is 18.8. The first-order valence-electron chi connectivity index (χ1n) is 10.4. The third-order valence-corrected chi connectivity index (χ3v) is 4.80. The molecule has 0 aliphatic carbocycles. The van der Waals surface area contributed by atoms with Gasteiger partial charge in [0.15, 0.2) is 0 Å². The van der Waals surface area contributed by atoms with Gasteiger partial charge in [-0.1, -0.05) is 6.58 Å². The second-order valence-electron chi connectivity index (χ2n) is 8.91. The van der Waals surface area contributed by atoms with Gasteiger partial charge in [0.2, 0.25) is 5.91 Å². The highest BCUT2D eigenvalue weighted by atomic mass is 16.5. The molecule has 0 saturated carbocycles. The van der Waals surface area contributed by atoms with Gasteiger partial charge in [-0.15, -0.1) is 0 Å². The van der Waals surface area contributed by atoms with Crippen LogP contribution in [-0.4, -0.2) is 47.4 Å².